The van der Waals surface area contributed by atoms with E-state index in [1.165, 1.54) is 23.2 Å². The molecule has 21 heavy (non-hydrogen) atoms. The molecule has 1 amide bonds. The van der Waals surface area contributed by atoms with Crippen LogP contribution in [-0.4, -0.2) is 46.3 Å². The highest BCUT2D eigenvalue weighted by molar-refractivity contribution is 5.91. The van der Waals surface area contributed by atoms with Crippen LogP contribution in [0.1, 0.15) is 37.2 Å². The summed E-state index contributed by atoms with van der Waals surface area (Å²) < 4.78 is 1.18. The van der Waals surface area contributed by atoms with Crippen molar-refractivity contribution in [3.05, 3.63) is 28.2 Å². The van der Waals surface area contributed by atoms with Gasteiger partial charge >= 0.3 is 0 Å². The molecule has 2 rings (SSSR count). The Morgan fingerprint density at radius 2 is 2.24 bits per heavy atom. The Morgan fingerprint density at radius 1 is 1.48 bits per heavy atom. The van der Waals surface area contributed by atoms with Crippen molar-refractivity contribution in [1.82, 2.24) is 20.0 Å². The molecule has 0 radical (unpaired) electrons. The van der Waals surface area contributed by atoms with Crippen LogP contribution in [-0.2, 0) is 7.05 Å². The van der Waals surface area contributed by atoms with E-state index >= 15 is 0 Å². The first kappa shape index (κ1) is 15.7. The molecule has 6 nitrogen and oxygen atoms in total. The van der Waals surface area contributed by atoms with Crippen LogP contribution in [0.2, 0.25) is 0 Å². The minimum atomic E-state index is -0.216. The molecule has 1 N–H and O–H groups in total. The summed E-state index contributed by atoms with van der Waals surface area (Å²) in [6, 6.07) is 3.39. The van der Waals surface area contributed by atoms with Gasteiger partial charge in [-0.15, -0.1) is 0 Å². The zero-order chi connectivity index (χ0) is 15.4. The van der Waals surface area contributed by atoms with Crippen molar-refractivity contribution in [2.45, 2.75) is 32.7 Å². The molecule has 116 valence electrons. The average Bonchev–Trinajstić information content (AvgIpc) is 2.48. The zero-order valence-electron chi connectivity index (χ0n) is 13.0. The maximum absolute atomic E-state index is 12.1. The summed E-state index contributed by atoms with van der Waals surface area (Å²) in [4.78, 5) is 25.8. The van der Waals surface area contributed by atoms with Crippen molar-refractivity contribution in [1.29, 1.82) is 0 Å². The number of aryl methyl sites for hydroxylation is 1. The number of amides is 1. The Bertz CT molecular complexity index is 553. The number of hydrogen-bond acceptors (Lipinski definition) is 4. The number of carbonyl (C=O) groups is 1. The monoisotopic (exact) mass is 292 g/mol. The summed E-state index contributed by atoms with van der Waals surface area (Å²) in [7, 11) is 1.54. The number of nitrogens with one attached hydrogen (secondary N) is 1. The highest BCUT2D eigenvalue weighted by atomic mass is 16.2. The summed E-state index contributed by atoms with van der Waals surface area (Å²) in [6.07, 6.45) is 2.32. The molecule has 1 atom stereocenters. The van der Waals surface area contributed by atoms with Crippen LogP contribution in [0.25, 0.3) is 0 Å². The van der Waals surface area contributed by atoms with Gasteiger partial charge in [-0.1, -0.05) is 0 Å². The number of carbonyl (C=O) groups excluding carboxylic acids is 1. The molecule has 6 heteroatoms. The van der Waals surface area contributed by atoms with E-state index in [1.807, 2.05) is 0 Å². The second kappa shape index (κ2) is 6.85. The molecule has 1 aliphatic heterocycles. The molecule has 0 aliphatic carbocycles. The van der Waals surface area contributed by atoms with Gasteiger partial charge in [-0.25, -0.2) is 4.68 Å². The van der Waals surface area contributed by atoms with Gasteiger partial charge in [0.05, 0.1) is 0 Å². The molecule has 1 saturated heterocycles. The van der Waals surface area contributed by atoms with Gasteiger partial charge in [-0.2, -0.15) is 5.10 Å². The van der Waals surface area contributed by atoms with Gasteiger partial charge < -0.3 is 10.2 Å². The maximum atomic E-state index is 12.1. The third-order valence-electron chi connectivity index (χ3n) is 4.03. The van der Waals surface area contributed by atoms with Crippen LogP contribution in [0.15, 0.2) is 16.9 Å². The fraction of sp³-hybridized carbons (Fsp3) is 0.667. The topological polar surface area (TPSA) is 67.2 Å². The van der Waals surface area contributed by atoms with Crippen molar-refractivity contribution in [3.63, 3.8) is 0 Å². The molecular formula is C15H24N4O2. The van der Waals surface area contributed by atoms with E-state index in [2.05, 4.69) is 29.2 Å². The summed E-state index contributed by atoms with van der Waals surface area (Å²) in [6.45, 7) is 7.24. The summed E-state index contributed by atoms with van der Waals surface area (Å²) in [5.74, 6) is 0.268. The van der Waals surface area contributed by atoms with Crippen molar-refractivity contribution in [3.8, 4) is 0 Å². The van der Waals surface area contributed by atoms with Gasteiger partial charge in [0.1, 0.15) is 5.69 Å². The Morgan fingerprint density at radius 3 is 2.90 bits per heavy atom. The Balaban J connectivity index is 1.88. The molecule has 0 bridgehead atoms. The minimum Gasteiger partial charge on any atom is -0.350 e. The summed E-state index contributed by atoms with van der Waals surface area (Å²) in [5.41, 5.74) is 0.0695. The van der Waals surface area contributed by atoms with Gasteiger partial charge in [-0.05, 0) is 45.2 Å². The molecule has 0 spiro atoms. The van der Waals surface area contributed by atoms with Crippen molar-refractivity contribution >= 4 is 5.91 Å². The first-order chi connectivity index (χ1) is 9.97. The van der Waals surface area contributed by atoms with Crippen LogP contribution >= 0.6 is 0 Å². The molecule has 1 fully saturated rings. The van der Waals surface area contributed by atoms with Crippen LogP contribution in [0.4, 0.5) is 0 Å². The standard InChI is InChI=1S/C15H24N4O2/c1-11(2)19-8-4-5-12(10-19)9-16-15(21)13-6-7-14(20)18(3)17-13/h6-7,11-12H,4-5,8-10H2,1-3H3,(H,16,21)/t12-/m0/s1. The third kappa shape index (κ3) is 4.14. The molecule has 1 aromatic heterocycles. The molecule has 2 heterocycles. The molecular weight excluding hydrogens is 268 g/mol. The highest BCUT2D eigenvalue weighted by Gasteiger charge is 2.22. The number of nitrogens with zero attached hydrogens (tertiary/aromatic N) is 3. The number of aromatic nitrogens is 2. The smallest absolute Gasteiger partial charge is 0.271 e. The first-order valence-electron chi connectivity index (χ1n) is 7.54. The van der Waals surface area contributed by atoms with E-state index in [0.717, 1.165) is 19.5 Å². The predicted molar refractivity (Wildman–Crippen MR) is 81.2 cm³/mol. The largest absolute Gasteiger partial charge is 0.350 e. The van der Waals surface area contributed by atoms with Crippen molar-refractivity contribution in [2.75, 3.05) is 19.6 Å². The van der Waals surface area contributed by atoms with E-state index in [-0.39, 0.29) is 17.2 Å². The first-order valence-corrected chi connectivity index (χ1v) is 7.54. The lowest BCUT2D eigenvalue weighted by Gasteiger charge is -2.35. The van der Waals surface area contributed by atoms with Crippen LogP contribution in [0.5, 0.6) is 0 Å². The minimum absolute atomic E-state index is 0.215. The van der Waals surface area contributed by atoms with E-state index in [0.29, 0.717) is 18.5 Å². The maximum Gasteiger partial charge on any atom is 0.271 e. The van der Waals surface area contributed by atoms with Crippen LogP contribution in [0, 0.1) is 5.92 Å². The molecule has 1 aromatic rings. The van der Waals surface area contributed by atoms with Crippen molar-refractivity contribution < 1.29 is 4.79 Å². The fourth-order valence-electron chi connectivity index (χ4n) is 2.68. The Hall–Kier alpha value is -1.69. The number of likely N-dealkylation sites (tertiary alicyclic amines) is 1. The van der Waals surface area contributed by atoms with Gasteiger partial charge in [0, 0.05) is 32.2 Å². The molecule has 0 saturated carbocycles. The predicted octanol–water partition coefficient (Wildman–Crippen LogP) is 0.631. The number of hydrogen-bond donors (Lipinski definition) is 1. The second-order valence-electron chi connectivity index (χ2n) is 5.99. The number of piperidine rings is 1. The van der Waals surface area contributed by atoms with Crippen molar-refractivity contribution in [2.24, 2.45) is 13.0 Å². The van der Waals surface area contributed by atoms with Gasteiger partial charge in [0.25, 0.3) is 11.5 Å². The lowest BCUT2D eigenvalue weighted by Crippen LogP contribution is -2.44. The molecule has 1 aliphatic rings. The Kier molecular flexibility index (Phi) is 5.12. The summed E-state index contributed by atoms with van der Waals surface area (Å²) >= 11 is 0. The quantitative estimate of drug-likeness (QED) is 0.884. The third-order valence-corrected chi connectivity index (χ3v) is 4.03. The van der Waals surface area contributed by atoms with Gasteiger partial charge in [0.15, 0.2) is 0 Å². The molecule has 0 aromatic carbocycles. The van der Waals surface area contributed by atoms with Crippen LogP contribution < -0.4 is 10.9 Å². The highest BCUT2D eigenvalue weighted by Crippen LogP contribution is 2.17. The zero-order valence-corrected chi connectivity index (χ0v) is 13.0. The normalized spacial score (nSPS) is 19.7. The lowest BCUT2D eigenvalue weighted by molar-refractivity contribution is 0.0915. The second-order valence-corrected chi connectivity index (χ2v) is 5.99. The summed E-state index contributed by atoms with van der Waals surface area (Å²) in [5, 5.41) is 6.89. The van der Waals surface area contributed by atoms with E-state index in [1.54, 1.807) is 7.05 Å². The number of rotatable bonds is 4. The van der Waals surface area contributed by atoms with E-state index in [9.17, 15) is 9.59 Å². The van der Waals surface area contributed by atoms with Gasteiger partial charge in [-0.3, -0.25) is 9.59 Å². The SMILES string of the molecule is CC(C)N1CCC[C@@H](CNC(=O)c2ccc(=O)n(C)n2)C1. The molecule has 0 unspecified atom stereocenters. The van der Waals surface area contributed by atoms with E-state index < -0.39 is 0 Å². The average molecular weight is 292 g/mol. The fourth-order valence-corrected chi connectivity index (χ4v) is 2.68. The lowest BCUT2D eigenvalue weighted by atomic mass is 9.97. The van der Waals surface area contributed by atoms with Crippen LogP contribution in [0.3, 0.4) is 0 Å². The Labute approximate surface area is 125 Å². The van der Waals surface area contributed by atoms with Gasteiger partial charge in [0.2, 0.25) is 0 Å². The van der Waals surface area contributed by atoms with E-state index in [4.69, 9.17) is 0 Å².